The Labute approximate surface area is 377 Å². The Hall–Kier alpha value is -5.82. The minimum Gasteiger partial charge on any atom is -0.489 e. The molecule has 1 aliphatic carbocycles. The standard InChI is InChI=1S/C47H55N9O8S/c1-29(2)36-7-4-5-8-37(36)38-9-6-14-55(38)33-21-47(22-33)11-15-54(16-12-47)32-18-41(64-34-17-30-10-13-48-44(30)50-24-34)43(49-23-32)45(57)52-65(61,62)35-19-39(56(59)60)42-40(20-35)63-26-31(51-42)25-53-27-46(3,58)28-53/h4-5,7-8,10,13,17-20,23-24,29,31,33,38,51,58H,6,9,11-12,14-16,21-22,25-28H2,1-3H3,(H,48,50)(H,52,57)/t31-,38-/m0/s1. The number of hydrogen-bond donors (Lipinski definition) is 4. The summed E-state index contributed by atoms with van der Waals surface area (Å²) in [6.45, 7) is 10.5. The number of anilines is 2. The summed E-state index contributed by atoms with van der Waals surface area (Å²) in [7, 11) is -4.70. The van der Waals surface area contributed by atoms with Crippen LogP contribution in [-0.4, -0.2) is 113 Å². The van der Waals surface area contributed by atoms with Crippen LogP contribution in [0.2, 0.25) is 0 Å². The molecule has 0 bridgehead atoms. The number of carbonyl (C=O) groups excluding carboxylic acids is 1. The van der Waals surface area contributed by atoms with E-state index >= 15 is 0 Å². The van der Waals surface area contributed by atoms with Gasteiger partial charge in [0.2, 0.25) is 0 Å². The summed E-state index contributed by atoms with van der Waals surface area (Å²) in [4.78, 5) is 44.0. The number of piperidine rings is 1. The molecule has 5 aromatic rings. The van der Waals surface area contributed by atoms with Crippen molar-refractivity contribution < 1.29 is 32.7 Å². The molecule has 3 saturated heterocycles. The molecule has 3 aromatic heterocycles. The molecule has 1 spiro atoms. The molecule has 1 saturated carbocycles. The van der Waals surface area contributed by atoms with Crippen LogP contribution in [-0.2, 0) is 10.0 Å². The number of aliphatic hydroxyl groups is 1. The number of ether oxygens (including phenoxy) is 2. The second-order valence-electron chi connectivity index (χ2n) is 19.3. The summed E-state index contributed by atoms with van der Waals surface area (Å²) in [6.07, 6.45) is 11.6. The molecule has 0 radical (unpaired) electrons. The highest BCUT2D eigenvalue weighted by Gasteiger charge is 2.50. The maximum absolute atomic E-state index is 14.0. The van der Waals surface area contributed by atoms with E-state index < -0.39 is 37.0 Å². The lowest BCUT2D eigenvalue weighted by Gasteiger charge is -2.56. The van der Waals surface area contributed by atoms with Gasteiger partial charge in [-0.3, -0.25) is 24.7 Å². The third-order valence-corrected chi connectivity index (χ3v) is 15.4. The first kappa shape index (κ1) is 43.1. The third-order valence-electron chi connectivity index (χ3n) is 14.1. The van der Waals surface area contributed by atoms with Gasteiger partial charge < -0.3 is 29.8 Å². The van der Waals surface area contributed by atoms with Gasteiger partial charge in [0.1, 0.15) is 18.0 Å². The molecule has 4 N–H and O–H groups in total. The molecule has 10 rings (SSSR count). The van der Waals surface area contributed by atoms with Gasteiger partial charge in [0, 0.05) is 74.6 Å². The van der Waals surface area contributed by atoms with E-state index in [0.717, 1.165) is 55.7 Å². The maximum Gasteiger partial charge on any atom is 0.297 e. The largest absolute Gasteiger partial charge is 0.489 e. The van der Waals surface area contributed by atoms with Crippen molar-refractivity contribution in [3.8, 4) is 17.2 Å². The fourth-order valence-electron chi connectivity index (χ4n) is 10.9. The van der Waals surface area contributed by atoms with Crippen LogP contribution in [0.4, 0.5) is 17.1 Å². The number of nitrogens with one attached hydrogen (secondary N) is 3. The van der Waals surface area contributed by atoms with E-state index in [1.807, 2.05) is 11.0 Å². The first-order valence-electron chi connectivity index (χ1n) is 22.6. The fourth-order valence-corrected chi connectivity index (χ4v) is 11.9. The molecule has 18 heteroatoms. The average molecular weight is 906 g/mol. The number of nitrogens with zero attached hydrogens (tertiary/aromatic N) is 6. The van der Waals surface area contributed by atoms with E-state index in [1.165, 1.54) is 43.0 Å². The summed E-state index contributed by atoms with van der Waals surface area (Å²) in [5, 5.41) is 26.3. The lowest BCUT2D eigenvalue weighted by Crippen LogP contribution is -2.62. The predicted octanol–water partition coefficient (Wildman–Crippen LogP) is 6.73. The van der Waals surface area contributed by atoms with Gasteiger partial charge >= 0.3 is 0 Å². The van der Waals surface area contributed by atoms with E-state index in [9.17, 15) is 28.4 Å². The zero-order valence-electron chi connectivity index (χ0n) is 36.8. The molecule has 5 aliphatic rings. The SMILES string of the molecule is CC(C)c1ccccc1[C@@H]1CCCN1C1CC2(CCN(c3cnc(C(=O)NS(=O)(=O)c4cc5c(c([N+](=O)[O-])c4)N[C@@H](CN4CC(C)(O)C4)CO5)c(Oc4cnc5[nH]ccc5c4)c3)CC2)C1. The molecule has 65 heavy (non-hydrogen) atoms. The number of nitro groups is 1. The van der Waals surface area contributed by atoms with Crippen molar-refractivity contribution in [1.82, 2.24) is 29.5 Å². The van der Waals surface area contributed by atoms with Crippen molar-refractivity contribution in [1.29, 1.82) is 0 Å². The lowest BCUT2D eigenvalue weighted by molar-refractivity contribution is -0.384. The van der Waals surface area contributed by atoms with Crippen LogP contribution in [0.5, 0.6) is 17.2 Å². The fraction of sp³-hybridized carbons (Fsp3) is 0.468. The van der Waals surface area contributed by atoms with Crippen LogP contribution in [0.3, 0.4) is 0 Å². The maximum atomic E-state index is 14.0. The normalized spacial score (nSPS) is 21.9. The molecule has 2 aromatic carbocycles. The van der Waals surface area contributed by atoms with Gasteiger partial charge in [-0.1, -0.05) is 38.1 Å². The van der Waals surface area contributed by atoms with Gasteiger partial charge in [-0.25, -0.2) is 23.1 Å². The number of aromatic nitrogens is 3. The van der Waals surface area contributed by atoms with E-state index in [0.29, 0.717) is 49.0 Å². The number of aromatic amines is 1. The number of carbonyl (C=O) groups is 1. The van der Waals surface area contributed by atoms with Crippen LogP contribution in [0.1, 0.15) is 92.9 Å². The average Bonchev–Trinajstić information content (AvgIpc) is 3.94. The highest BCUT2D eigenvalue weighted by molar-refractivity contribution is 7.90. The van der Waals surface area contributed by atoms with E-state index in [4.69, 9.17) is 9.47 Å². The molecule has 4 fully saturated rings. The highest BCUT2D eigenvalue weighted by Crippen LogP contribution is 2.54. The number of H-pyrrole nitrogens is 1. The zero-order valence-corrected chi connectivity index (χ0v) is 37.6. The number of sulfonamides is 1. The van der Waals surface area contributed by atoms with Crippen LogP contribution in [0, 0.1) is 15.5 Å². The molecule has 7 heterocycles. The molecule has 2 atom stereocenters. The van der Waals surface area contributed by atoms with Crippen molar-refractivity contribution in [3.63, 3.8) is 0 Å². The summed E-state index contributed by atoms with van der Waals surface area (Å²) in [5.41, 5.74) is 3.02. The van der Waals surface area contributed by atoms with Gasteiger partial charge in [-0.2, -0.15) is 0 Å². The van der Waals surface area contributed by atoms with E-state index in [1.54, 1.807) is 31.5 Å². The van der Waals surface area contributed by atoms with Crippen LogP contribution >= 0.6 is 0 Å². The monoisotopic (exact) mass is 905 g/mol. The van der Waals surface area contributed by atoms with Crippen molar-refractivity contribution >= 4 is 44.0 Å². The number of β-amino-alcohol motifs (C(OH)–C–C–N with tert-alkyl or cyclic N) is 1. The molecule has 17 nitrogen and oxygen atoms in total. The number of pyridine rings is 2. The van der Waals surface area contributed by atoms with Gasteiger partial charge in [-0.15, -0.1) is 0 Å². The number of hydrogen-bond acceptors (Lipinski definition) is 14. The van der Waals surface area contributed by atoms with Crippen molar-refractivity contribution in [2.45, 2.75) is 93.8 Å². The van der Waals surface area contributed by atoms with Gasteiger partial charge in [0.05, 0.1) is 39.5 Å². The Morgan fingerprint density at radius 1 is 1.08 bits per heavy atom. The van der Waals surface area contributed by atoms with Crippen molar-refractivity contribution in [2.24, 2.45) is 5.41 Å². The number of benzene rings is 2. The Bertz CT molecular complexity index is 2750. The predicted molar refractivity (Wildman–Crippen MR) is 244 cm³/mol. The molecule has 1 amide bonds. The van der Waals surface area contributed by atoms with Gasteiger partial charge in [-0.05, 0) is 86.6 Å². The topological polar surface area (TPSA) is 208 Å². The van der Waals surface area contributed by atoms with E-state index in [-0.39, 0.29) is 40.9 Å². The van der Waals surface area contributed by atoms with Crippen LogP contribution in [0.15, 0.2) is 78.1 Å². The lowest BCUT2D eigenvalue weighted by atomic mass is 9.59. The molecular weight excluding hydrogens is 851 g/mol. The minimum atomic E-state index is -4.70. The van der Waals surface area contributed by atoms with Crippen LogP contribution < -0.4 is 24.4 Å². The Balaban J connectivity index is 0.851. The highest BCUT2D eigenvalue weighted by atomic mass is 32.2. The summed E-state index contributed by atoms with van der Waals surface area (Å²) >= 11 is 0. The quantitative estimate of drug-likeness (QED) is 0.0757. The van der Waals surface area contributed by atoms with Gasteiger partial charge in [0.15, 0.2) is 22.9 Å². The second-order valence-corrected chi connectivity index (χ2v) is 21.0. The van der Waals surface area contributed by atoms with Crippen LogP contribution in [0.25, 0.3) is 11.0 Å². The Kier molecular flexibility index (Phi) is 11.0. The van der Waals surface area contributed by atoms with Crippen molar-refractivity contribution in [2.75, 3.05) is 56.1 Å². The number of nitro benzene ring substituents is 1. The second kappa shape index (κ2) is 16.6. The first-order valence-corrected chi connectivity index (χ1v) is 24.1. The smallest absolute Gasteiger partial charge is 0.297 e. The van der Waals surface area contributed by atoms with Gasteiger partial charge in [0.25, 0.3) is 21.6 Å². The summed E-state index contributed by atoms with van der Waals surface area (Å²) < 4.78 is 42.0. The number of amides is 1. The number of rotatable bonds is 12. The molecule has 342 valence electrons. The zero-order chi connectivity index (χ0) is 45.3. The third kappa shape index (κ3) is 8.48. The number of fused-ring (bicyclic) bond motifs is 2. The summed E-state index contributed by atoms with van der Waals surface area (Å²) in [5.74, 6) is -0.294. The Morgan fingerprint density at radius 3 is 2.62 bits per heavy atom. The minimum absolute atomic E-state index is 0.0244. The van der Waals surface area contributed by atoms with E-state index in [2.05, 4.69) is 72.9 Å². The number of likely N-dealkylation sites (tertiary alicyclic amines) is 2. The summed E-state index contributed by atoms with van der Waals surface area (Å²) in [6, 6.07) is 17.0. The first-order chi connectivity index (χ1) is 31.1. The molecular formula is C47H55N9O8S. The molecule has 4 aliphatic heterocycles. The Morgan fingerprint density at radius 2 is 1.86 bits per heavy atom. The molecule has 0 unspecified atom stereocenters. The van der Waals surface area contributed by atoms with Crippen molar-refractivity contribution in [3.05, 3.63) is 100 Å².